The van der Waals surface area contributed by atoms with Crippen molar-refractivity contribution >= 4 is 5.91 Å². The van der Waals surface area contributed by atoms with Gasteiger partial charge in [0.05, 0.1) is 6.20 Å². The SMILES string of the molecule is O=C(c1cn[nH]n1)N(Cc1cccnc1)C1CC1. The van der Waals surface area contributed by atoms with Crippen LogP contribution in [0.5, 0.6) is 0 Å². The van der Waals surface area contributed by atoms with Gasteiger partial charge in [-0.15, -0.1) is 0 Å². The molecular weight excluding hydrogens is 230 g/mol. The Balaban J connectivity index is 1.79. The highest BCUT2D eigenvalue weighted by Crippen LogP contribution is 2.29. The zero-order chi connectivity index (χ0) is 12.4. The molecule has 18 heavy (non-hydrogen) atoms. The fourth-order valence-corrected chi connectivity index (χ4v) is 1.89. The lowest BCUT2D eigenvalue weighted by molar-refractivity contribution is 0.0723. The summed E-state index contributed by atoms with van der Waals surface area (Å²) in [6, 6.07) is 4.17. The zero-order valence-electron chi connectivity index (χ0n) is 9.78. The standard InChI is InChI=1S/C12H13N5O/c18-12(11-7-14-16-15-11)17(10-3-4-10)8-9-2-1-5-13-6-9/h1-2,5-7,10H,3-4,8H2,(H,14,15,16). The molecule has 1 aliphatic rings. The van der Waals surface area contributed by atoms with Gasteiger partial charge in [-0.3, -0.25) is 9.78 Å². The molecular formula is C12H13N5O. The van der Waals surface area contributed by atoms with E-state index in [1.165, 1.54) is 6.20 Å². The number of carbonyl (C=O) groups excluding carboxylic acids is 1. The van der Waals surface area contributed by atoms with Crippen LogP contribution in [0.3, 0.4) is 0 Å². The lowest BCUT2D eigenvalue weighted by atomic mass is 10.2. The van der Waals surface area contributed by atoms with Crippen LogP contribution < -0.4 is 0 Å². The fraction of sp³-hybridized carbons (Fsp3) is 0.333. The van der Waals surface area contributed by atoms with Gasteiger partial charge in [-0.25, -0.2) is 0 Å². The third-order valence-electron chi connectivity index (χ3n) is 2.96. The molecule has 3 rings (SSSR count). The topological polar surface area (TPSA) is 74.8 Å². The van der Waals surface area contributed by atoms with E-state index in [2.05, 4.69) is 20.4 Å². The van der Waals surface area contributed by atoms with Crippen molar-refractivity contribution in [2.24, 2.45) is 0 Å². The summed E-state index contributed by atoms with van der Waals surface area (Å²) in [5.41, 5.74) is 1.40. The van der Waals surface area contributed by atoms with E-state index < -0.39 is 0 Å². The van der Waals surface area contributed by atoms with Crippen LogP contribution >= 0.6 is 0 Å². The van der Waals surface area contributed by atoms with E-state index in [1.807, 2.05) is 17.0 Å². The normalized spacial score (nSPS) is 14.4. The summed E-state index contributed by atoms with van der Waals surface area (Å²) < 4.78 is 0. The van der Waals surface area contributed by atoms with Crippen molar-refractivity contribution in [2.45, 2.75) is 25.4 Å². The Labute approximate surface area is 104 Å². The second-order valence-corrected chi connectivity index (χ2v) is 4.38. The largest absolute Gasteiger partial charge is 0.330 e. The molecule has 2 heterocycles. The average Bonchev–Trinajstić information content (AvgIpc) is 3.10. The number of rotatable bonds is 4. The predicted molar refractivity (Wildman–Crippen MR) is 63.5 cm³/mol. The first-order valence-corrected chi connectivity index (χ1v) is 5.90. The summed E-state index contributed by atoms with van der Waals surface area (Å²) in [6.45, 7) is 0.574. The van der Waals surface area contributed by atoms with Crippen molar-refractivity contribution in [3.05, 3.63) is 42.0 Å². The molecule has 1 aliphatic carbocycles. The van der Waals surface area contributed by atoms with E-state index in [4.69, 9.17) is 0 Å². The van der Waals surface area contributed by atoms with Crippen LogP contribution in [0.25, 0.3) is 0 Å². The maximum atomic E-state index is 12.3. The van der Waals surface area contributed by atoms with Gasteiger partial charge in [0.15, 0.2) is 5.69 Å². The molecule has 1 amide bonds. The van der Waals surface area contributed by atoms with E-state index in [1.54, 1.807) is 12.4 Å². The molecule has 6 nitrogen and oxygen atoms in total. The Morgan fingerprint density at radius 2 is 2.33 bits per heavy atom. The van der Waals surface area contributed by atoms with Gasteiger partial charge in [-0.05, 0) is 24.5 Å². The Morgan fingerprint density at radius 1 is 1.44 bits per heavy atom. The Hall–Kier alpha value is -2.24. The summed E-state index contributed by atoms with van der Waals surface area (Å²) in [7, 11) is 0. The van der Waals surface area contributed by atoms with Gasteiger partial charge < -0.3 is 4.90 Å². The van der Waals surface area contributed by atoms with Crippen LogP contribution in [0.15, 0.2) is 30.7 Å². The van der Waals surface area contributed by atoms with Gasteiger partial charge in [0.2, 0.25) is 0 Å². The van der Waals surface area contributed by atoms with Crippen LogP contribution in [-0.2, 0) is 6.54 Å². The van der Waals surface area contributed by atoms with Gasteiger partial charge in [0, 0.05) is 25.0 Å². The first-order chi connectivity index (χ1) is 8.84. The number of nitrogens with one attached hydrogen (secondary N) is 1. The number of carbonyl (C=O) groups is 1. The number of amides is 1. The first kappa shape index (κ1) is 10.9. The molecule has 0 radical (unpaired) electrons. The van der Waals surface area contributed by atoms with Gasteiger partial charge >= 0.3 is 0 Å². The molecule has 92 valence electrons. The molecule has 0 unspecified atom stereocenters. The minimum Gasteiger partial charge on any atom is -0.330 e. The second kappa shape index (κ2) is 4.56. The molecule has 1 fully saturated rings. The lowest BCUT2D eigenvalue weighted by Crippen LogP contribution is -2.32. The fourth-order valence-electron chi connectivity index (χ4n) is 1.89. The van der Waals surface area contributed by atoms with Crippen molar-refractivity contribution < 1.29 is 4.79 Å². The number of hydrogen-bond donors (Lipinski definition) is 1. The van der Waals surface area contributed by atoms with E-state index in [-0.39, 0.29) is 5.91 Å². The van der Waals surface area contributed by atoms with E-state index >= 15 is 0 Å². The molecule has 0 aromatic carbocycles. The van der Waals surface area contributed by atoms with E-state index in [9.17, 15) is 4.79 Å². The molecule has 2 aromatic heterocycles. The Kier molecular flexibility index (Phi) is 2.76. The van der Waals surface area contributed by atoms with Crippen molar-refractivity contribution in [1.82, 2.24) is 25.3 Å². The summed E-state index contributed by atoms with van der Waals surface area (Å²) in [5.74, 6) is -0.0740. The summed E-state index contributed by atoms with van der Waals surface area (Å²) in [6.07, 6.45) is 7.09. The van der Waals surface area contributed by atoms with Gasteiger partial charge in [-0.1, -0.05) is 6.07 Å². The molecule has 1 N–H and O–H groups in total. The highest BCUT2D eigenvalue weighted by Gasteiger charge is 2.33. The molecule has 0 atom stereocenters. The van der Waals surface area contributed by atoms with Crippen molar-refractivity contribution in [1.29, 1.82) is 0 Å². The molecule has 1 saturated carbocycles. The molecule has 6 heteroatoms. The number of nitrogens with zero attached hydrogens (tertiary/aromatic N) is 4. The molecule has 0 aliphatic heterocycles. The molecule has 0 spiro atoms. The average molecular weight is 243 g/mol. The van der Waals surface area contributed by atoms with Gasteiger partial charge in [0.1, 0.15) is 0 Å². The summed E-state index contributed by atoms with van der Waals surface area (Å²) in [5, 5.41) is 9.99. The van der Waals surface area contributed by atoms with Crippen molar-refractivity contribution in [2.75, 3.05) is 0 Å². The number of aromatic amines is 1. The quantitative estimate of drug-likeness (QED) is 0.869. The predicted octanol–water partition coefficient (Wildman–Crippen LogP) is 1.00. The monoisotopic (exact) mass is 243 g/mol. The summed E-state index contributed by atoms with van der Waals surface area (Å²) in [4.78, 5) is 18.2. The van der Waals surface area contributed by atoms with Crippen LogP contribution in [0.1, 0.15) is 28.9 Å². The smallest absolute Gasteiger partial charge is 0.276 e. The molecule has 2 aromatic rings. The number of H-pyrrole nitrogens is 1. The van der Waals surface area contributed by atoms with Crippen LogP contribution in [0, 0.1) is 0 Å². The lowest BCUT2D eigenvalue weighted by Gasteiger charge is -2.21. The highest BCUT2D eigenvalue weighted by atomic mass is 16.2. The Morgan fingerprint density at radius 3 is 2.94 bits per heavy atom. The minimum absolute atomic E-state index is 0.0740. The van der Waals surface area contributed by atoms with E-state index in [0.717, 1.165) is 18.4 Å². The number of pyridine rings is 1. The zero-order valence-corrected chi connectivity index (χ0v) is 9.78. The van der Waals surface area contributed by atoms with Crippen LogP contribution in [0.2, 0.25) is 0 Å². The maximum Gasteiger partial charge on any atom is 0.276 e. The molecule has 0 saturated heterocycles. The van der Waals surface area contributed by atoms with Crippen LogP contribution in [0.4, 0.5) is 0 Å². The van der Waals surface area contributed by atoms with Gasteiger partial charge in [0.25, 0.3) is 5.91 Å². The van der Waals surface area contributed by atoms with Gasteiger partial charge in [-0.2, -0.15) is 15.4 Å². The van der Waals surface area contributed by atoms with E-state index in [0.29, 0.717) is 18.3 Å². The van der Waals surface area contributed by atoms with Crippen LogP contribution in [-0.4, -0.2) is 37.2 Å². The second-order valence-electron chi connectivity index (χ2n) is 4.38. The van der Waals surface area contributed by atoms with Crippen molar-refractivity contribution in [3.8, 4) is 0 Å². The Bertz CT molecular complexity index is 521. The third kappa shape index (κ3) is 2.22. The maximum absolute atomic E-state index is 12.3. The van der Waals surface area contributed by atoms with Crippen molar-refractivity contribution in [3.63, 3.8) is 0 Å². The summed E-state index contributed by atoms with van der Waals surface area (Å²) >= 11 is 0. The highest BCUT2D eigenvalue weighted by molar-refractivity contribution is 5.92. The molecule has 0 bridgehead atoms. The first-order valence-electron chi connectivity index (χ1n) is 5.90. The number of hydrogen-bond acceptors (Lipinski definition) is 4. The minimum atomic E-state index is -0.0740. The third-order valence-corrected chi connectivity index (χ3v) is 2.96. The number of aromatic nitrogens is 4.